The molecule has 0 radical (unpaired) electrons. The fourth-order valence-corrected chi connectivity index (χ4v) is 2.67. The highest BCUT2D eigenvalue weighted by molar-refractivity contribution is 5.78. The molecule has 27 heavy (non-hydrogen) atoms. The summed E-state index contributed by atoms with van der Waals surface area (Å²) in [6, 6.07) is 10.3. The number of benzene rings is 2. The van der Waals surface area contributed by atoms with E-state index in [9.17, 15) is 9.18 Å². The van der Waals surface area contributed by atoms with E-state index >= 15 is 0 Å². The second kappa shape index (κ2) is 9.78. The lowest BCUT2D eigenvalue weighted by Gasteiger charge is -2.17. The van der Waals surface area contributed by atoms with Crippen LogP contribution in [0.1, 0.15) is 11.1 Å². The molecule has 0 unspecified atom stereocenters. The Morgan fingerprint density at radius 3 is 2.22 bits per heavy atom. The normalized spacial score (nSPS) is 10.6. The van der Waals surface area contributed by atoms with E-state index in [2.05, 4.69) is 5.32 Å². The Morgan fingerprint density at radius 1 is 0.963 bits per heavy atom. The molecule has 0 bridgehead atoms. The molecule has 2 aromatic rings. The second-order valence-corrected chi connectivity index (χ2v) is 6.11. The number of likely N-dealkylation sites (N-methyl/N-ethyl adjacent to an activating group) is 1. The van der Waals surface area contributed by atoms with Gasteiger partial charge in [-0.2, -0.15) is 0 Å². The highest BCUT2D eigenvalue weighted by Crippen LogP contribution is 2.27. The number of amides is 1. The standard InChI is InChI=1S/C20H25FN2O4/c1-23(12-15-6-7-17(25-2)16(21)9-15)13-20(24)22-11-14-5-8-18(26-3)19(10-14)27-4/h5-10H,11-13H2,1-4H3,(H,22,24). The molecule has 0 saturated carbocycles. The van der Waals surface area contributed by atoms with Gasteiger partial charge in [-0.25, -0.2) is 4.39 Å². The van der Waals surface area contributed by atoms with Crippen molar-refractivity contribution in [3.8, 4) is 17.2 Å². The number of hydrogen-bond donors (Lipinski definition) is 1. The lowest BCUT2D eigenvalue weighted by atomic mass is 10.2. The van der Waals surface area contributed by atoms with Crippen molar-refractivity contribution >= 4 is 5.91 Å². The minimum Gasteiger partial charge on any atom is -0.494 e. The summed E-state index contributed by atoms with van der Waals surface area (Å²) < 4.78 is 29.1. The number of carbonyl (C=O) groups is 1. The fourth-order valence-electron chi connectivity index (χ4n) is 2.67. The quantitative estimate of drug-likeness (QED) is 0.729. The molecule has 0 heterocycles. The van der Waals surface area contributed by atoms with Crippen LogP contribution >= 0.6 is 0 Å². The monoisotopic (exact) mass is 376 g/mol. The molecule has 0 saturated heterocycles. The predicted octanol–water partition coefficient (Wildman–Crippen LogP) is 2.60. The zero-order chi connectivity index (χ0) is 19.8. The van der Waals surface area contributed by atoms with Gasteiger partial charge in [-0.15, -0.1) is 0 Å². The first kappa shape index (κ1) is 20.5. The van der Waals surface area contributed by atoms with E-state index in [1.807, 2.05) is 17.0 Å². The molecule has 0 aromatic heterocycles. The van der Waals surface area contributed by atoms with Crippen LogP contribution in [0.4, 0.5) is 4.39 Å². The van der Waals surface area contributed by atoms with Gasteiger partial charge in [-0.3, -0.25) is 9.69 Å². The molecular formula is C20H25FN2O4. The summed E-state index contributed by atoms with van der Waals surface area (Å²) in [4.78, 5) is 14.0. The first-order chi connectivity index (χ1) is 13.0. The van der Waals surface area contributed by atoms with Crippen LogP contribution in [0.3, 0.4) is 0 Å². The molecular weight excluding hydrogens is 351 g/mol. The van der Waals surface area contributed by atoms with Gasteiger partial charge >= 0.3 is 0 Å². The molecule has 6 nitrogen and oxygen atoms in total. The number of carbonyl (C=O) groups excluding carboxylic acids is 1. The number of nitrogens with one attached hydrogen (secondary N) is 1. The topological polar surface area (TPSA) is 60.0 Å². The minimum atomic E-state index is -0.415. The van der Waals surface area contributed by atoms with E-state index < -0.39 is 5.82 Å². The van der Waals surface area contributed by atoms with Gasteiger partial charge in [0, 0.05) is 13.1 Å². The molecule has 146 valence electrons. The Kier molecular flexibility index (Phi) is 7.43. The molecule has 7 heteroatoms. The van der Waals surface area contributed by atoms with E-state index in [0.717, 1.165) is 11.1 Å². The zero-order valence-electron chi connectivity index (χ0n) is 16.0. The van der Waals surface area contributed by atoms with E-state index in [1.54, 1.807) is 39.5 Å². The second-order valence-electron chi connectivity index (χ2n) is 6.11. The Bertz CT molecular complexity index is 783. The van der Waals surface area contributed by atoms with Crippen LogP contribution in [-0.2, 0) is 17.9 Å². The lowest BCUT2D eigenvalue weighted by Crippen LogP contribution is -2.34. The van der Waals surface area contributed by atoms with Gasteiger partial charge in [0.15, 0.2) is 23.1 Å². The molecule has 0 spiro atoms. The smallest absolute Gasteiger partial charge is 0.234 e. The number of methoxy groups -OCH3 is 3. The van der Waals surface area contributed by atoms with Crippen molar-refractivity contribution in [3.05, 3.63) is 53.3 Å². The third-order valence-corrected chi connectivity index (χ3v) is 4.02. The molecule has 1 N–H and O–H groups in total. The summed E-state index contributed by atoms with van der Waals surface area (Å²) in [5.74, 6) is 0.915. The molecule has 1 amide bonds. The van der Waals surface area contributed by atoms with Crippen molar-refractivity contribution < 1.29 is 23.4 Å². The van der Waals surface area contributed by atoms with Gasteiger partial charge < -0.3 is 19.5 Å². The third kappa shape index (κ3) is 5.86. The van der Waals surface area contributed by atoms with Crippen molar-refractivity contribution in [1.82, 2.24) is 10.2 Å². The van der Waals surface area contributed by atoms with Crippen LogP contribution in [0.2, 0.25) is 0 Å². The van der Waals surface area contributed by atoms with Crippen molar-refractivity contribution in [2.24, 2.45) is 0 Å². The maximum Gasteiger partial charge on any atom is 0.234 e. The summed E-state index contributed by atoms with van der Waals surface area (Å²) in [6.45, 7) is 1.02. The van der Waals surface area contributed by atoms with E-state index in [0.29, 0.717) is 24.6 Å². The predicted molar refractivity (Wildman–Crippen MR) is 101 cm³/mol. The van der Waals surface area contributed by atoms with Gasteiger partial charge in [0.1, 0.15) is 0 Å². The van der Waals surface area contributed by atoms with Crippen molar-refractivity contribution in [2.45, 2.75) is 13.1 Å². The lowest BCUT2D eigenvalue weighted by molar-refractivity contribution is -0.122. The summed E-state index contributed by atoms with van der Waals surface area (Å²) in [5, 5.41) is 2.86. The first-order valence-electron chi connectivity index (χ1n) is 8.45. The van der Waals surface area contributed by atoms with Crippen molar-refractivity contribution in [3.63, 3.8) is 0 Å². The van der Waals surface area contributed by atoms with Crippen molar-refractivity contribution in [1.29, 1.82) is 0 Å². The van der Waals surface area contributed by atoms with Crippen LogP contribution in [0.15, 0.2) is 36.4 Å². The summed E-state index contributed by atoms with van der Waals surface area (Å²) in [6.07, 6.45) is 0. The summed E-state index contributed by atoms with van der Waals surface area (Å²) in [5.41, 5.74) is 1.67. The Balaban J connectivity index is 1.85. The highest BCUT2D eigenvalue weighted by Gasteiger charge is 2.10. The summed E-state index contributed by atoms with van der Waals surface area (Å²) in [7, 11) is 6.37. The minimum absolute atomic E-state index is 0.124. The van der Waals surface area contributed by atoms with E-state index in [4.69, 9.17) is 14.2 Å². The van der Waals surface area contributed by atoms with Crippen LogP contribution < -0.4 is 19.5 Å². The molecule has 0 aliphatic rings. The van der Waals surface area contributed by atoms with Gasteiger partial charge in [0.05, 0.1) is 27.9 Å². The maximum atomic E-state index is 13.7. The third-order valence-electron chi connectivity index (χ3n) is 4.02. The molecule has 2 aromatic carbocycles. The highest BCUT2D eigenvalue weighted by atomic mass is 19.1. The van der Waals surface area contributed by atoms with E-state index in [-0.39, 0.29) is 18.2 Å². The van der Waals surface area contributed by atoms with Gasteiger partial charge in [0.2, 0.25) is 5.91 Å². The van der Waals surface area contributed by atoms with Gasteiger partial charge in [-0.05, 0) is 42.4 Å². The average Bonchev–Trinajstić information content (AvgIpc) is 2.66. The fraction of sp³-hybridized carbons (Fsp3) is 0.350. The number of halogens is 1. The Labute approximate surface area is 158 Å². The largest absolute Gasteiger partial charge is 0.494 e. The molecule has 0 fully saturated rings. The Morgan fingerprint density at radius 2 is 1.59 bits per heavy atom. The van der Waals surface area contributed by atoms with Gasteiger partial charge in [0.25, 0.3) is 0 Å². The molecule has 2 rings (SSSR count). The molecule has 0 aliphatic carbocycles. The zero-order valence-corrected chi connectivity index (χ0v) is 16.0. The van der Waals surface area contributed by atoms with Crippen LogP contribution in [0.5, 0.6) is 17.2 Å². The van der Waals surface area contributed by atoms with Crippen LogP contribution in [0.25, 0.3) is 0 Å². The Hall–Kier alpha value is -2.80. The van der Waals surface area contributed by atoms with Crippen LogP contribution in [0, 0.1) is 5.82 Å². The molecule has 0 atom stereocenters. The van der Waals surface area contributed by atoms with Crippen LogP contribution in [-0.4, -0.2) is 45.7 Å². The number of nitrogens with zero attached hydrogens (tertiary/aromatic N) is 1. The number of hydrogen-bond acceptors (Lipinski definition) is 5. The van der Waals surface area contributed by atoms with E-state index in [1.165, 1.54) is 13.2 Å². The first-order valence-corrected chi connectivity index (χ1v) is 8.45. The summed E-state index contributed by atoms with van der Waals surface area (Å²) >= 11 is 0. The maximum absolute atomic E-state index is 13.7. The van der Waals surface area contributed by atoms with Gasteiger partial charge in [-0.1, -0.05) is 12.1 Å². The SMILES string of the molecule is COc1ccc(CN(C)CC(=O)NCc2ccc(OC)c(OC)c2)cc1F. The average molecular weight is 376 g/mol. The van der Waals surface area contributed by atoms with Crippen molar-refractivity contribution in [2.75, 3.05) is 34.9 Å². The number of rotatable bonds is 9. The molecule has 0 aliphatic heterocycles. The number of ether oxygens (including phenoxy) is 3.